The molecular weight excluding hydrogens is 306 g/mol. The molecule has 0 atom stereocenters. The van der Waals surface area contributed by atoms with E-state index in [1.54, 1.807) is 11.7 Å². The SMILES string of the molecule is CCNc1cc(C)c(S(=O)(=O)NCc2cncs2)c(C)c1. The molecule has 1 heterocycles. The first-order valence-electron chi connectivity index (χ1n) is 6.66. The number of aryl methyl sites for hydroxylation is 2. The number of benzene rings is 1. The zero-order valence-corrected chi connectivity index (χ0v) is 13.9. The zero-order valence-electron chi connectivity index (χ0n) is 12.3. The summed E-state index contributed by atoms with van der Waals surface area (Å²) in [5.41, 5.74) is 4.10. The van der Waals surface area contributed by atoms with E-state index in [9.17, 15) is 8.42 Å². The van der Waals surface area contributed by atoms with Crippen LogP contribution >= 0.6 is 11.3 Å². The normalized spacial score (nSPS) is 11.6. The van der Waals surface area contributed by atoms with Crippen LogP contribution in [0.3, 0.4) is 0 Å². The van der Waals surface area contributed by atoms with Gasteiger partial charge in [-0.05, 0) is 44.0 Å². The number of hydrogen-bond donors (Lipinski definition) is 2. The van der Waals surface area contributed by atoms with Crippen molar-refractivity contribution >= 4 is 27.0 Å². The maximum atomic E-state index is 12.5. The van der Waals surface area contributed by atoms with Gasteiger partial charge in [0.05, 0.1) is 10.4 Å². The van der Waals surface area contributed by atoms with Crippen molar-refractivity contribution in [3.63, 3.8) is 0 Å². The van der Waals surface area contributed by atoms with Crippen LogP contribution in [-0.2, 0) is 16.6 Å². The molecule has 0 saturated carbocycles. The molecule has 0 aliphatic heterocycles. The molecule has 21 heavy (non-hydrogen) atoms. The van der Waals surface area contributed by atoms with Crippen LogP contribution in [-0.4, -0.2) is 19.9 Å². The lowest BCUT2D eigenvalue weighted by Crippen LogP contribution is -2.24. The smallest absolute Gasteiger partial charge is 0.241 e. The third-order valence-electron chi connectivity index (χ3n) is 3.03. The molecule has 5 nitrogen and oxygen atoms in total. The van der Waals surface area contributed by atoms with Crippen molar-refractivity contribution in [3.8, 4) is 0 Å². The number of sulfonamides is 1. The second-order valence-electron chi connectivity index (χ2n) is 4.76. The first kappa shape index (κ1) is 15.9. The van der Waals surface area contributed by atoms with E-state index in [0.717, 1.165) is 28.2 Å². The summed E-state index contributed by atoms with van der Waals surface area (Å²) in [6, 6.07) is 3.72. The van der Waals surface area contributed by atoms with Crippen molar-refractivity contribution in [3.05, 3.63) is 39.8 Å². The Morgan fingerprint density at radius 2 is 1.90 bits per heavy atom. The highest BCUT2D eigenvalue weighted by Gasteiger charge is 2.20. The Bertz CT molecular complexity index is 687. The Labute approximate surface area is 129 Å². The molecule has 0 saturated heterocycles. The standard InChI is InChI=1S/C14H19N3O2S2/c1-4-16-12-5-10(2)14(11(3)6-12)21(18,19)17-8-13-7-15-9-20-13/h5-7,9,16-17H,4,8H2,1-3H3. The fraction of sp³-hybridized carbons (Fsp3) is 0.357. The molecule has 114 valence electrons. The van der Waals surface area contributed by atoms with Crippen LogP contribution in [0.1, 0.15) is 22.9 Å². The highest BCUT2D eigenvalue weighted by atomic mass is 32.2. The summed E-state index contributed by atoms with van der Waals surface area (Å²) in [5.74, 6) is 0. The Hall–Kier alpha value is -1.44. The first-order chi connectivity index (χ1) is 9.94. The highest BCUT2D eigenvalue weighted by molar-refractivity contribution is 7.89. The largest absolute Gasteiger partial charge is 0.385 e. The Morgan fingerprint density at radius 3 is 2.43 bits per heavy atom. The summed E-state index contributed by atoms with van der Waals surface area (Å²) in [5, 5.41) is 3.20. The maximum absolute atomic E-state index is 12.5. The molecule has 0 aliphatic carbocycles. The van der Waals surface area contributed by atoms with E-state index in [1.165, 1.54) is 11.3 Å². The van der Waals surface area contributed by atoms with Gasteiger partial charge in [0.2, 0.25) is 10.0 Å². The van der Waals surface area contributed by atoms with Gasteiger partial charge in [-0.15, -0.1) is 11.3 Å². The summed E-state index contributed by atoms with van der Waals surface area (Å²) in [6.07, 6.45) is 1.67. The topological polar surface area (TPSA) is 71.1 Å². The zero-order chi connectivity index (χ0) is 15.5. The van der Waals surface area contributed by atoms with Crippen LogP contribution in [0.4, 0.5) is 5.69 Å². The summed E-state index contributed by atoms with van der Waals surface area (Å²) in [4.78, 5) is 5.18. The molecule has 0 amide bonds. The van der Waals surface area contributed by atoms with Gasteiger partial charge in [0.25, 0.3) is 0 Å². The van der Waals surface area contributed by atoms with Gasteiger partial charge in [0, 0.05) is 29.9 Å². The average Bonchev–Trinajstić information content (AvgIpc) is 2.88. The van der Waals surface area contributed by atoms with Crippen molar-refractivity contribution in [1.82, 2.24) is 9.71 Å². The van der Waals surface area contributed by atoms with Gasteiger partial charge >= 0.3 is 0 Å². The molecule has 0 aliphatic rings. The van der Waals surface area contributed by atoms with Gasteiger partial charge in [-0.3, -0.25) is 4.98 Å². The van der Waals surface area contributed by atoms with E-state index in [1.807, 2.05) is 32.9 Å². The lowest BCUT2D eigenvalue weighted by Gasteiger charge is -2.14. The quantitative estimate of drug-likeness (QED) is 0.856. The molecule has 0 bridgehead atoms. The second-order valence-corrected chi connectivity index (χ2v) is 7.44. The van der Waals surface area contributed by atoms with Gasteiger partial charge in [0.15, 0.2) is 0 Å². The van der Waals surface area contributed by atoms with E-state index in [2.05, 4.69) is 15.0 Å². The van der Waals surface area contributed by atoms with Crippen LogP contribution in [0.25, 0.3) is 0 Å². The average molecular weight is 325 g/mol. The van der Waals surface area contributed by atoms with Gasteiger partial charge in [0.1, 0.15) is 0 Å². The Kier molecular flexibility index (Phi) is 4.97. The molecule has 0 radical (unpaired) electrons. The Balaban J connectivity index is 2.27. The molecule has 0 spiro atoms. The molecule has 2 N–H and O–H groups in total. The van der Waals surface area contributed by atoms with Crippen LogP contribution in [0.2, 0.25) is 0 Å². The lowest BCUT2D eigenvalue weighted by molar-refractivity contribution is 0.580. The number of anilines is 1. The third-order valence-corrected chi connectivity index (χ3v) is 5.52. The van der Waals surface area contributed by atoms with Crippen LogP contribution in [0.15, 0.2) is 28.7 Å². The van der Waals surface area contributed by atoms with Gasteiger partial charge in [-0.25, -0.2) is 13.1 Å². The molecule has 2 aromatic rings. The summed E-state index contributed by atoms with van der Waals surface area (Å²) >= 11 is 1.43. The number of thiazole rings is 1. The maximum Gasteiger partial charge on any atom is 0.241 e. The molecule has 1 aromatic heterocycles. The van der Waals surface area contributed by atoms with E-state index < -0.39 is 10.0 Å². The van der Waals surface area contributed by atoms with E-state index in [-0.39, 0.29) is 6.54 Å². The highest BCUT2D eigenvalue weighted by Crippen LogP contribution is 2.24. The molecule has 0 unspecified atom stereocenters. The molecular formula is C14H19N3O2S2. The van der Waals surface area contributed by atoms with E-state index in [4.69, 9.17) is 0 Å². The van der Waals surface area contributed by atoms with Crippen LogP contribution in [0, 0.1) is 13.8 Å². The van der Waals surface area contributed by atoms with Crippen LogP contribution < -0.4 is 10.0 Å². The van der Waals surface area contributed by atoms with Crippen molar-refractivity contribution in [2.45, 2.75) is 32.2 Å². The predicted octanol–water partition coefficient (Wildman–Crippen LogP) is 2.67. The van der Waals surface area contributed by atoms with E-state index >= 15 is 0 Å². The first-order valence-corrected chi connectivity index (χ1v) is 9.02. The monoisotopic (exact) mass is 325 g/mol. The van der Waals surface area contributed by atoms with Crippen molar-refractivity contribution in [2.24, 2.45) is 0 Å². The lowest BCUT2D eigenvalue weighted by atomic mass is 10.1. The third kappa shape index (κ3) is 3.81. The van der Waals surface area contributed by atoms with Gasteiger partial charge in [-0.1, -0.05) is 0 Å². The summed E-state index contributed by atoms with van der Waals surface area (Å²) < 4.78 is 27.6. The van der Waals surface area contributed by atoms with Crippen molar-refractivity contribution in [2.75, 3.05) is 11.9 Å². The number of aromatic nitrogens is 1. The van der Waals surface area contributed by atoms with Gasteiger partial charge in [-0.2, -0.15) is 0 Å². The van der Waals surface area contributed by atoms with Crippen molar-refractivity contribution in [1.29, 1.82) is 0 Å². The molecule has 7 heteroatoms. The predicted molar refractivity (Wildman–Crippen MR) is 86.2 cm³/mol. The number of hydrogen-bond acceptors (Lipinski definition) is 5. The second kappa shape index (κ2) is 6.55. The minimum atomic E-state index is -3.53. The fourth-order valence-electron chi connectivity index (χ4n) is 2.25. The number of nitrogens with one attached hydrogen (secondary N) is 2. The summed E-state index contributed by atoms with van der Waals surface area (Å²) in [6.45, 7) is 6.70. The fourth-order valence-corrected chi connectivity index (χ4v) is 4.33. The minimum Gasteiger partial charge on any atom is -0.385 e. The van der Waals surface area contributed by atoms with E-state index in [0.29, 0.717) is 4.90 Å². The summed E-state index contributed by atoms with van der Waals surface area (Å²) in [7, 11) is -3.53. The molecule has 0 fully saturated rings. The number of rotatable bonds is 6. The molecule has 2 rings (SSSR count). The van der Waals surface area contributed by atoms with Crippen LogP contribution in [0.5, 0.6) is 0 Å². The molecule has 1 aromatic carbocycles. The van der Waals surface area contributed by atoms with Gasteiger partial charge < -0.3 is 5.32 Å². The van der Waals surface area contributed by atoms with Crippen molar-refractivity contribution < 1.29 is 8.42 Å². The minimum absolute atomic E-state index is 0.265. The Morgan fingerprint density at radius 1 is 1.24 bits per heavy atom. The number of nitrogens with zero attached hydrogens (tertiary/aromatic N) is 1.